The van der Waals surface area contributed by atoms with Crippen molar-refractivity contribution >= 4 is 0 Å². The third-order valence-electron chi connectivity index (χ3n) is 3.57. The summed E-state index contributed by atoms with van der Waals surface area (Å²) in [5.74, 6) is 2.49. The number of ether oxygens (including phenoxy) is 1. The van der Waals surface area contributed by atoms with E-state index in [-0.39, 0.29) is 0 Å². The number of aryl methyl sites for hydroxylation is 2. The Hall–Kier alpha value is -2.56. The Balaban J connectivity index is 1.81. The van der Waals surface area contributed by atoms with Gasteiger partial charge in [-0.15, -0.1) is 0 Å². The molecule has 0 saturated heterocycles. The van der Waals surface area contributed by atoms with Gasteiger partial charge in [0.2, 0.25) is 5.89 Å². The maximum atomic E-state index is 5.64. The molecule has 0 bridgehead atoms. The molecule has 0 atom stereocenters. The second-order valence-electron chi connectivity index (χ2n) is 5.38. The lowest BCUT2D eigenvalue weighted by Gasteiger charge is -2.04. The monoisotopic (exact) mass is 311 g/mol. The number of rotatable bonds is 6. The molecule has 0 N–H and O–H groups in total. The summed E-state index contributed by atoms with van der Waals surface area (Å²) in [6.07, 6.45) is 4.65. The van der Waals surface area contributed by atoms with Crippen LogP contribution >= 0.6 is 0 Å². The topological polar surface area (TPSA) is 53.1 Å². The average Bonchev–Trinajstić information content (AvgIpc) is 3.15. The minimum Gasteiger partial charge on any atom is -0.494 e. The zero-order valence-corrected chi connectivity index (χ0v) is 13.7. The largest absolute Gasteiger partial charge is 0.494 e. The number of hydrogen-bond donors (Lipinski definition) is 0. The van der Waals surface area contributed by atoms with Crippen LogP contribution in [0.5, 0.6) is 5.75 Å². The van der Waals surface area contributed by atoms with Gasteiger partial charge in [-0.3, -0.25) is 0 Å². The quantitative estimate of drug-likeness (QED) is 0.693. The Morgan fingerprint density at radius 1 is 1.22 bits per heavy atom. The number of imidazole rings is 1. The Kier molecular flexibility index (Phi) is 4.46. The molecule has 0 aliphatic heterocycles. The van der Waals surface area contributed by atoms with Gasteiger partial charge >= 0.3 is 0 Å². The van der Waals surface area contributed by atoms with Gasteiger partial charge in [0.1, 0.15) is 17.8 Å². The van der Waals surface area contributed by atoms with Crippen molar-refractivity contribution < 1.29 is 9.15 Å². The van der Waals surface area contributed by atoms with Crippen LogP contribution in [0.15, 0.2) is 41.1 Å². The first kappa shape index (κ1) is 15.3. The first-order valence-corrected chi connectivity index (χ1v) is 7.90. The van der Waals surface area contributed by atoms with Gasteiger partial charge in [0, 0.05) is 18.2 Å². The lowest BCUT2D eigenvalue weighted by Crippen LogP contribution is -2.03. The molecular weight excluding hydrogens is 290 g/mol. The molecule has 0 fully saturated rings. The van der Waals surface area contributed by atoms with E-state index in [0.29, 0.717) is 19.0 Å². The van der Waals surface area contributed by atoms with Crippen LogP contribution in [0.1, 0.15) is 31.1 Å². The van der Waals surface area contributed by atoms with Gasteiger partial charge in [0.15, 0.2) is 0 Å². The molecule has 2 heterocycles. The van der Waals surface area contributed by atoms with E-state index in [1.165, 1.54) is 0 Å². The fourth-order valence-corrected chi connectivity index (χ4v) is 2.59. The molecule has 1 aromatic carbocycles. The third kappa shape index (κ3) is 3.44. The smallest absolute Gasteiger partial charge is 0.226 e. The van der Waals surface area contributed by atoms with Crippen LogP contribution in [0.25, 0.3) is 11.5 Å². The molecule has 5 heteroatoms. The Labute approximate surface area is 136 Å². The predicted molar refractivity (Wildman–Crippen MR) is 88.6 cm³/mol. The van der Waals surface area contributed by atoms with Gasteiger partial charge in [-0.1, -0.05) is 13.0 Å². The molecule has 0 amide bonds. The van der Waals surface area contributed by atoms with E-state index >= 15 is 0 Å². The van der Waals surface area contributed by atoms with Gasteiger partial charge in [0.25, 0.3) is 0 Å². The molecule has 0 saturated carbocycles. The van der Waals surface area contributed by atoms with Crippen LogP contribution in [-0.4, -0.2) is 21.1 Å². The zero-order chi connectivity index (χ0) is 16.2. The van der Waals surface area contributed by atoms with E-state index in [4.69, 9.17) is 9.15 Å². The van der Waals surface area contributed by atoms with Crippen molar-refractivity contribution in [1.82, 2.24) is 14.5 Å². The molecule has 23 heavy (non-hydrogen) atoms. The van der Waals surface area contributed by atoms with E-state index in [1.54, 1.807) is 6.26 Å². The Bertz CT molecular complexity index is 789. The summed E-state index contributed by atoms with van der Waals surface area (Å²) < 4.78 is 13.3. The molecule has 120 valence electrons. The number of oxazole rings is 1. The second kappa shape index (κ2) is 6.69. The van der Waals surface area contributed by atoms with Gasteiger partial charge in [0.05, 0.1) is 24.5 Å². The molecule has 3 aromatic rings. The average molecular weight is 311 g/mol. The fraction of sp³-hybridized carbons (Fsp3) is 0.333. The number of nitrogens with zero attached hydrogens (tertiary/aromatic N) is 3. The lowest BCUT2D eigenvalue weighted by molar-refractivity contribution is 0.340. The minimum absolute atomic E-state index is 0.608. The summed E-state index contributed by atoms with van der Waals surface area (Å²) in [7, 11) is 0. The summed E-state index contributed by atoms with van der Waals surface area (Å²) >= 11 is 0. The number of hydrogen-bond acceptors (Lipinski definition) is 4. The van der Waals surface area contributed by atoms with Crippen LogP contribution < -0.4 is 4.74 Å². The van der Waals surface area contributed by atoms with Crippen LogP contribution in [0, 0.1) is 6.92 Å². The van der Waals surface area contributed by atoms with Crippen LogP contribution in [0.2, 0.25) is 0 Å². The standard InChI is InChI=1S/C18H21N3O2/c1-4-17-19-13(3)10-21(17)11-15-12-23-18(20-15)14-7-6-8-16(9-14)22-5-2/h6-10,12H,4-5,11H2,1-3H3. The zero-order valence-electron chi connectivity index (χ0n) is 13.7. The highest BCUT2D eigenvalue weighted by Gasteiger charge is 2.10. The normalized spacial score (nSPS) is 10.9. The van der Waals surface area contributed by atoms with Crippen LogP contribution in [0.3, 0.4) is 0 Å². The highest BCUT2D eigenvalue weighted by atomic mass is 16.5. The first-order valence-electron chi connectivity index (χ1n) is 7.90. The molecule has 0 unspecified atom stereocenters. The Morgan fingerprint density at radius 3 is 2.87 bits per heavy atom. The first-order chi connectivity index (χ1) is 11.2. The van der Waals surface area contributed by atoms with Gasteiger partial charge in [-0.2, -0.15) is 0 Å². The predicted octanol–water partition coefficient (Wildman–Crippen LogP) is 3.86. The van der Waals surface area contributed by atoms with Crippen molar-refractivity contribution in [2.24, 2.45) is 0 Å². The van der Waals surface area contributed by atoms with E-state index in [9.17, 15) is 0 Å². The lowest BCUT2D eigenvalue weighted by atomic mass is 10.2. The Morgan fingerprint density at radius 2 is 2.09 bits per heavy atom. The second-order valence-corrected chi connectivity index (χ2v) is 5.38. The van der Waals surface area contributed by atoms with Crippen molar-refractivity contribution in [3.63, 3.8) is 0 Å². The maximum Gasteiger partial charge on any atom is 0.226 e. The molecular formula is C18H21N3O2. The van der Waals surface area contributed by atoms with E-state index in [0.717, 1.165) is 34.9 Å². The highest BCUT2D eigenvalue weighted by molar-refractivity contribution is 5.56. The molecule has 5 nitrogen and oxygen atoms in total. The summed E-state index contributed by atoms with van der Waals surface area (Å²) in [6.45, 7) is 7.38. The van der Waals surface area contributed by atoms with Crippen molar-refractivity contribution in [1.29, 1.82) is 0 Å². The van der Waals surface area contributed by atoms with E-state index in [2.05, 4.69) is 21.5 Å². The fourth-order valence-electron chi connectivity index (χ4n) is 2.59. The van der Waals surface area contributed by atoms with Gasteiger partial charge in [-0.05, 0) is 32.0 Å². The van der Waals surface area contributed by atoms with Gasteiger partial charge < -0.3 is 13.7 Å². The van der Waals surface area contributed by atoms with Crippen LogP contribution in [-0.2, 0) is 13.0 Å². The summed E-state index contributed by atoms with van der Waals surface area (Å²) in [5, 5.41) is 0. The van der Waals surface area contributed by atoms with Crippen molar-refractivity contribution in [2.45, 2.75) is 33.7 Å². The summed E-state index contributed by atoms with van der Waals surface area (Å²) in [6, 6.07) is 7.78. The van der Waals surface area contributed by atoms with E-state index in [1.807, 2.05) is 44.3 Å². The third-order valence-corrected chi connectivity index (χ3v) is 3.57. The van der Waals surface area contributed by atoms with E-state index < -0.39 is 0 Å². The summed E-state index contributed by atoms with van der Waals surface area (Å²) in [4.78, 5) is 9.10. The molecule has 0 spiro atoms. The van der Waals surface area contributed by atoms with Crippen molar-refractivity contribution in [2.75, 3.05) is 6.61 Å². The van der Waals surface area contributed by atoms with Crippen molar-refractivity contribution in [3.8, 4) is 17.2 Å². The van der Waals surface area contributed by atoms with Gasteiger partial charge in [-0.25, -0.2) is 9.97 Å². The highest BCUT2D eigenvalue weighted by Crippen LogP contribution is 2.23. The van der Waals surface area contributed by atoms with Crippen molar-refractivity contribution in [3.05, 3.63) is 53.9 Å². The number of benzene rings is 1. The molecule has 0 radical (unpaired) electrons. The molecule has 2 aromatic heterocycles. The molecule has 3 rings (SSSR count). The molecule has 0 aliphatic rings. The maximum absolute atomic E-state index is 5.64. The van der Waals surface area contributed by atoms with Crippen LogP contribution in [0.4, 0.5) is 0 Å². The minimum atomic E-state index is 0.608. The number of aromatic nitrogens is 3. The SMILES string of the molecule is CCOc1cccc(-c2nc(Cn3cc(C)nc3CC)co2)c1. The summed E-state index contributed by atoms with van der Waals surface area (Å²) in [5.41, 5.74) is 2.82. The molecule has 0 aliphatic carbocycles.